The monoisotopic (exact) mass is 363 g/mol. The van der Waals surface area contributed by atoms with Crippen LogP contribution in [-0.4, -0.2) is 62.3 Å². The summed E-state index contributed by atoms with van der Waals surface area (Å²) in [6.07, 6.45) is 0.809. The number of nitrogens with one attached hydrogen (secondary N) is 2. The fraction of sp³-hybridized carbons (Fsp3) is 0.867. The van der Waals surface area contributed by atoms with E-state index in [1.165, 1.54) is 4.31 Å². The van der Waals surface area contributed by atoms with Gasteiger partial charge in [0.05, 0.1) is 11.7 Å². The number of rotatable bonds is 6. The van der Waals surface area contributed by atoms with Crippen molar-refractivity contribution in [3.8, 4) is 0 Å². The molecule has 1 heterocycles. The summed E-state index contributed by atoms with van der Waals surface area (Å²) in [5.74, 6) is -0.486. The van der Waals surface area contributed by atoms with Gasteiger partial charge < -0.3 is 15.4 Å². The predicted molar refractivity (Wildman–Crippen MR) is 91.0 cm³/mol. The molecule has 0 aromatic heterocycles. The number of carbonyl (C=O) groups is 2. The molecule has 2 N–H and O–H groups in total. The Morgan fingerprint density at radius 1 is 1.21 bits per heavy atom. The van der Waals surface area contributed by atoms with Gasteiger partial charge in [-0.15, -0.1) is 0 Å². The SMILES string of the molecule is CCS(=O)(=O)N1CCC[C@@H](C(=O)NCCNC(=O)OC(C)(C)C)C1. The van der Waals surface area contributed by atoms with Gasteiger partial charge in [-0.3, -0.25) is 4.79 Å². The third kappa shape index (κ3) is 7.04. The first-order valence-electron chi connectivity index (χ1n) is 8.27. The Bertz CT molecular complexity index is 542. The summed E-state index contributed by atoms with van der Waals surface area (Å²) in [4.78, 5) is 23.6. The highest BCUT2D eigenvalue weighted by Gasteiger charge is 2.31. The molecule has 9 heteroatoms. The van der Waals surface area contributed by atoms with E-state index >= 15 is 0 Å². The average molecular weight is 363 g/mol. The van der Waals surface area contributed by atoms with Gasteiger partial charge in [0.15, 0.2) is 0 Å². The van der Waals surface area contributed by atoms with Gasteiger partial charge in [0.25, 0.3) is 0 Å². The van der Waals surface area contributed by atoms with Gasteiger partial charge in [-0.1, -0.05) is 0 Å². The van der Waals surface area contributed by atoms with Crippen LogP contribution in [0, 0.1) is 5.92 Å². The number of ether oxygens (including phenoxy) is 1. The second kappa shape index (κ2) is 8.66. The Morgan fingerprint density at radius 3 is 2.42 bits per heavy atom. The number of piperidine rings is 1. The fourth-order valence-electron chi connectivity index (χ4n) is 2.40. The van der Waals surface area contributed by atoms with Crippen molar-refractivity contribution in [3.63, 3.8) is 0 Å². The number of alkyl carbamates (subject to hydrolysis) is 1. The van der Waals surface area contributed by atoms with Crippen LogP contribution in [0.3, 0.4) is 0 Å². The van der Waals surface area contributed by atoms with Crippen molar-refractivity contribution in [3.05, 3.63) is 0 Å². The molecule has 1 rings (SSSR count). The van der Waals surface area contributed by atoms with Crippen LogP contribution in [0.2, 0.25) is 0 Å². The zero-order valence-corrected chi connectivity index (χ0v) is 15.7. The lowest BCUT2D eigenvalue weighted by Crippen LogP contribution is -2.47. The van der Waals surface area contributed by atoms with Crippen LogP contribution >= 0.6 is 0 Å². The van der Waals surface area contributed by atoms with Gasteiger partial charge in [-0.25, -0.2) is 17.5 Å². The summed E-state index contributed by atoms with van der Waals surface area (Å²) in [7, 11) is -3.26. The minimum absolute atomic E-state index is 0.0428. The largest absolute Gasteiger partial charge is 0.444 e. The van der Waals surface area contributed by atoms with E-state index in [9.17, 15) is 18.0 Å². The first kappa shape index (κ1) is 20.7. The number of sulfonamides is 1. The van der Waals surface area contributed by atoms with E-state index in [1.54, 1.807) is 27.7 Å². The number of carbonyl (C=O) groups excluding carboxylic acids is 2. The molecule has 0 spiro atoms. The molecule has 8 nitrogen and oxygen atoms in total. The Labute approximate surface area is 144 Å². The van der Waals surface area contributed by atoms with Gasteiger partial charge in [-0.2, -0.15) is 0 Å². The smallest absolute Gasteiger partial charge is 0.407 e. The van der Waals surface area contributed by atoms with Gasteiger partial charge in [0.2, 0.25) is 15.9 Å². The molecule has 1 atom stereocenters. The van der Waals surface area contributed by atoms with E-state index in [0.29, 0.717) is 19.4 Å². The van der Waals surface area contributed by atoms with Gasteiger partial charge in [-0.05, 0) is 40.5 Å². The van der Waals surface area contributed by atoms with Crippen LogP contribution < -0.4 is 10.6 Å². The van der Waals surface area contributed by atoms with Crippen molar-refractivity contribution in [2.24, 2.45) is 5.92 Å². The van der Waals surface area contributed by atoms with E-state index in [2.05, 4.69) is 10.6 Å². The van der Waals surface area contributed by atoms with Crippen LogP contribution in [0.4, 0.5) is 4.79 Å². The number of nitrogens with zero attached hydrogens (tertiary/aromatic N) is 1. The Hall–Kier alpha value is -1.35. The minimum Gasteiger partial charge on any atom is -0.444 e. The molecular formula is C15H29N3O5S. The summed E-state index contributed by atoms with van der Waals surface area (Å²) in [6, 6.07) is 0. The summed E-state index contributed by atoms with van der Waals surface area (Å²) < 4.78 is 30.3. The number of hydrogen-bond acceptors (Lipinski definition) is 5. The zero-order chi connectivity index (χ0) is 18.4. The maximum Gasteiger partial charge on any atom is 0.407 e. The molecule has 1 aliphatic rings. The molecule has 0 unspecified atom stereocenters. The molecule has 1 fully saturated rings. The van der Waals surface area contributed by atoms with Crippen molar-refractivity contribution >= 4 is 22.0 Å². The lowest BCUT2D eigenvalue weighted by molar-refractivity contribution is -0.126. The number of hydrogen-bond donors (Lipinski definition) is 2. The first-order valence-corrected chi connectivity index (χ1v) is 9.88. The van der Waals surface area contributed by atoms with Crippen LogP contribution in [0.25, 0.3) is 0 Å². The Balaban J connectivity index is 2.34. The summed E-state index contributed by atoms with van der Waals surface area (Å²) >= 11 is 0. The lowest BCUT2D eigenvalue weighted by atomic mass is 9.99. The van der Waals surface area contributed by atoms with E-state index in [0.717, 1.165) is 0 Å². The van der Waals surface area contributed by atoms with E-state index in [1.807, 2.05) is 0 Å². The maximum absolute atomic E-state index is 12.2. The van der Waals surface area contributed by atoms with E-state index in [-0.39, 0.29) is 37.2 Å². The molecule has 0 radical (unpaired) electrons. The van der Waals surface area contributed by atoms with Crippen molar-refractivity contribution in [2.75, 3.05) is 31.9 Å². The standard InChI is InChI=1S/C15H29N3O5S/c1-5-24(21,22)18-10-6-7-12(11-18)13(19)16-8-9-17-14(20)23-15(2,3)4/h12H,5-11H2,1-4H3,(H,16,19)(H,17,20)/t12-/m1/s1. The highest BCUT2D eigenvalue weighted by atomic mass is 32.2. The molecule has 24 heavy (non-hydrogen) atoms. The molecule has 0 aliphatic carbocycles. The summed E-state index contributed by atoms with van der Waals surface area (Å²) in [5.41, 5.74) is -0.566. The minimum atomic E-state index is -3.26. The van der Waals surface area contributed by atoms with E-state index in [4.69, 9.17) is 4.74 Å². The average Bonchev–Trinajstić information content (AvgIpc) is 2.49. The van der Waals surface area contributed by atoms with Crippen molar-refractivity contribution in [2.45, 2.75) is 46.1 Å². The normalized spacial score (nSPS) is 19.6. The quantitative estimate of drug-likeness (QED) is 0.676. The van der Waals surface area contributed by atoms with Crippen LogP contribution in [0.15, 0.2) is 0 Å². The van der Waals surface area contributed by atoms with Gasteiger partial charge in [0, 0.05) is 26.2 Å². The molecule has 140 valence electrons. The highest BCUT2D eigenvalue weighted by Crippen LogP contribution is 2.19. The molecule has 0 aromatic rings. The molecule has 1 saturated heterocycles. The number of amides is 2. The fourth-order valence-corrected chi connectivity index (χ4v) is 3.58. The second-order valence-corrected chi connectivity index (χ2v) is 9.08. The van der Waals surface area contributed by atoms with Crippen molar-refractivity contribution in [1.82, 2.24) is 14.9 Å². The molecule has 0 saturated carbocycles. The van der Waals surface area contributed by atoms with Crippen LogP contribution in [-0.2, 0) is 19.6 Å². The molecule has 2 amide bonds. The van der Waals surface area contributed by atoms with Crippen LogP contribution in [0.5, 0.6) is 0 Å². The first-order chi connectivity index (χ1) is 11.0. The molecule has 0 bridgehead atoms. The Morgan fingerprint density at radius 2 is 1.83 bits per heavy atom. The predicted octanol–water partition coefficient (Wildman–Crippen LogP) is 0.689. The van der Waals surface area contributed by atoms with Gasteiger partial charge in [0.1, 0.15) is 5.60 Å². The van der Waals surface area contributed by atoms with Gasteiger partial charge >= 0.3 is 6.09 Å². The summed E-state index contributed by atoms with van der Waals surface area (Å²) in [6.45, 7) is 8.14. The molecule has 0 aromatic carbocycles. The highest BCUT2D eigenvalue weighted by molar-refractivity contribution is 7.89. The third-order valence-electron chi connectivity index (χ3n) is 3.61. The Kier molecular flexibility index (Phi) is 7.47. The van der Waals surface area contributed by atoms with Crippen molar-refractivity contribution in [1.29, 1.82) is 0 Å². The lowest BCUT2D eigenvalue weighted by Gasteiger charge is -2.30. The second-order valence-electron chi connectivity index (χ2n) is 6.82. The third-order valence-corrected chi connectivity index (χ3v) is 5.45. The van der Waals surface area contributed by atoms with E-state index < -0.39 is 21.7 Å². The topological polar surface area (TPSA) is 105 Å². The zero-order valence-electron chi connectivity index (χ0n) is 14.9. The van der Waals surface area contributed by atoms with Crippen LogP contribution in [0.1, 0.15) is 40.5 Å². The maximum atomic E-state index is 12.2. The molecular weight excluding hydrogens is 334 g/mol. The van der Waals surface area contributed by atoms with Crippen molar-refractivity contribution < 1.29 is 22.7 Å². The summed E-state index contributed by atoms with van der Waals surface area (Å²) in [5, 5.41) is 5.29. The molecule has 1 aliphatic heterocycles.